The van der Waals surface area contributed by atoms with E-state index in [9.17, 15) is 4.79 Å². The van der Waals surface area contributed by atoms with Gasteiger partial charge in [0.1, 0.15) is 13.5 Å². The lowest BCUT2D eigenvalue weighted by Gasteiger charge is -2.23. The third-order valence-electron chi connectivity index (χ3n) is 2.83. The molecule has 1 fully saturated rings. The van der Waals surface area contributed by atoms with Crippen LogP contribution in [-0.4, -0.2) is 45.5 Å². The summed E-state index contributed by atoms with van der Waals surface area (Å²) in [6, 6.07) is -0.332. The normalized spacial score (nSPS) is 26.6. The lowest BCUT2D eigenvalue weighted by Crippen LogP contribution is -2.36. The van der Waals surface area contributed by atoms with E-state index >= 15 is 0 Å². The fourth-order valence-electron chi connectivity index (χ4n) is 2.15. The van der Waals surface area contributed by atoms with E-state index in [-0.39, 0.29) is 25.5 Å². The van der Waals surface area contributed by atoms with E-state index in [4.69, 9.17) is 10.2 Å². The zero-order chi connectivity index (χ0) is 10.1. The van der Waals surface area contributed by atoms with Crippen LogP contribution in [-0.2, 0) is 0 Å². The van der Waals surface area contributed by atoms with Crippen LogP contribution in [0.15, 0.2) is 11.8 Å². The van der Waals surface area contributed by atoms with Gasteiger partial charge in [-0.3, -0.25) is 9.80 Å². The molecule has 0 bridgehead atoms. The van der Waals surface area contributed by atoms with E-state index in [0.29, 0.717) is 0 Å². The molecule has 0 aromatic rings. The average Bonchev–Trinajstić information content (AvgIpc) is 2.49. The summed E-state index contributed by atoms with van der Waals surface area (Å²) in [6.07, 6.45) is 4.80. The first kappa shape index (κ1) is 9.48. The molecule has 1 unspecified atom stereocenters. The second kappa shape index (κ2) is 3.59. The topological polar surface area (TPSA) is 64.0 Å². The van der Waals surface area contributed by atoms with Gasteiger partial charge < -0.3 is 10.2 Å². The van der Waals surface area contributed by atoms with Crippen LogP contribution in [0.5, 0.6) is 0 Å². The Morgan fingerprint density at radius 3 is 2.86 bits per heavy atom. The molecule has 2 N–H and O–H groups in total. The molecule has 1 saturated heterocycles. The quantitative estimate of drug-likeness (QED) is 0.659. The summed E-state index contributed by atoms with van der Waals surface area (Å²) < 4.78 is 0. The second-order valence-corrected chi connectivity index (χ2v) is 3.54. The van der Waals surface area contributed by atoms with E-state index in [1.54, 1.807) is 0 Å². The molecule has 5 nitrogen and oxygen atoms in total. The molecule has 2 amide bonds. The molecule has 78 valence electrons. The number of nitrogens with zero attached hydrogens (tertiary/aromatic N) is 2. The van der Waals surface area contributed by atoms with Gasteiger partial charge in [-0.25, -0.2) is 4.79 Å². The van der Waals surface area contributed by atoms with Gasteiger partial charge in [0, 0.05) is 5.70 Å². The maximum Gasteiger partial charge on any atom is 0.328 e. The molecule has 2 aliphatic rings. The Labute approximate surface area is 82.2 Å². The molecule has 1 aliphatic carbocycles. The highest BCUT2D eigenvalue weighted by atomic mass is 16.3. The SMILES string of the molecule is O=C1N(CO)C2=CCCCC2N1CO. The Hall–Kier alpha value is -1.07. The van der Waals surface area contributed by atoms with Crippen LogP contribution < -0.4 is 0 Å². The molecule has 0 saturated carbocycles. The van der Waals surface area contributed by atoms with Crippen molar-refractivity contribution < 1.29 is 15.0 Å². The third-order valence-corrected chi connectivity index (χ3v) is 2.83. The van der Waals surface area contributed by atoms with Crippen molar-refractivity contribution in [3.63, 3.8) is 0 Å². The molecule has 1 heterocycles. The van der Waals surface area contributed by atoms with Crippen LogP contribution in [0.2, 0.25) is 0 Å². The fraction of sp³-hybridized carbons (Fsp3) is 0.667. The highest BCUT2D eigenvalue weighted by Gasteiger charge is 2.41. The van der Waals surface area contributed by atoms with Crippen molar-refractivity contribution in [2.75, 3.05) is 13.5 Å². The second-order valence-electron chi connectivity index (χ2n) is 3.54. The number of urea groups is 1. The number of hydrogen-bond donors (Lipinski definition) is 2. The summed E-state index contributed by atoms with van der Waals surface area (Å²) in [4.78, 5) is 14.3. The largest absolute Gasteiger partial charge is 0.376 e. The minimum absolute atomic E-state index is 0.0339. The van der Waals surface area contributed by atoms with Crippen LogP contribution in [0.25, 0.3) is 0 Å². The number of allylic oxidation sites excluding steroid dienone is 1. The fourth-order valence-corrected chi connectivity index (χ4v) is 2.15. The van der Waals surface area contributed by atoms with Crippen LogP contribution in [0, 0.1) is 0 Å². The smallest absolute Gasteiger partial charge is 0.328 e. The molecule has 1 aliphatic heterocycles. The number of carbonyl (C=O) groups is 1. The first-order chi connectivity index (χ1) is 6.79. The van der Waals surface area contributed by atoms with Gasteiger partial charge in [0.05, 0.1) is 6.04 Å². The van der Waals surface area contributed by atoms with Gasteiger partial charge in [0.25, 0.3) is 0 Å². The molecule has 2 rings (SSSR count). The zero-order valence-electron chi connectivity index (χ0n) is 7.89. The summed E-state index contributed by atoms with van der Waals surface area (Å²) >= 11 is 0. The number of aliphatic hydroxyl groups is 2. The monoisotopic (exact) mass is 198 g/mol. The number of fused-ring (bicyclic) bond motifs is 1. The molecular weight excluding hydrogens is 184 g/mol. The molecule has 0 spiro atoms. The number of amides is 2. The van der Waals surface area contributed by atoms with Gasteiger partial charge in [-0.15, -0.1) is 0 Å². The Kier molecular flexibility index (Phi) is 2.43. The number of carbonyl (C=O) groups excluding carboxylic acids is 1. The van der Waals surface area contributed by atoms with E-state index in [0.717, 1.165) is 25.0 Å². The minimum atomic E-state index is -0.308. The van der Waals surface area contributed by atoms with Crippen molar-refractivity contribution >= 4 is 6.03 Å². The van der Waals surface area contributed by atoms with Gasteiger partial charge in [-0.05, 0) is 19.3 Å². The van der Waals surface area contributed by atoms with Crippen molar-refractivity contribution in [2.24, 2.45) is 0 Å². The van der Waals surface area contributed by atoms with Gasteiger partial charge in [-0.1, -0.05) is 6.08 Å². The molecular formula is C9H14N2O3. The Bertz CT molecular complexity index is 277. The summed E-state index contributed by atoms with van der Waals surface area (Å²) in [6.45, 7) is -0.588. The zero-order valence-corrected chi connectivity index (χ0v) is 7.89. The molecule has 0 aromatic carbocycles. The van der Waals surface area contributed by atoms with Crippen LogP contribution in [0.4, 0.5) is 4.79 Å². The Morgan fingerprint density at radius 1 is 1.43 bits per heavy atom. The van der Waals surface area contributed by atoms with Crippen molar-refractivity contribution in [1.82, 2.24) is 9.80 Å². The first-order valence-corrected chi connectivity index (χ1v) is 4.79. The molecule has 0 aromatic heterocycles. The maximum absolute atomic E-state index is 11.6. The highest BCUT2D eigenvalue weighted by molar-refractivity contribution is 5.80. The number of hydrogen-bond acceptors (Lipinski definition) is 3. The van der Waals surface area contributed by atoms with Crippen molar-refractivity contribution in [3.8, 4) is 0 Å². The summed E-state index contributed by atoms with van der Waals surface area (Å²) in [5, 5.41) is 18.1. The molecule has 0 radical (unpaired) electrons. The molecule has 1 atom stereocenters. The standard InChI is InChI=1S/C9H14N2O3/c12-5-10-7-3-1-2-4-8(7)11(6-13)9(10)14/h3,8,12-13H,1-2,4-6H2. The van der Waals surface area contributed by atoms with Crippen molar-refractivity contribution in [2.45, 2.75) is 25.3 Å². The molecule has 5 heteroatoms. The molecule has 14 heavy (non-hydrogen) atoms. The maximum atomic E-state index is 11.6. The van der Waals surface area contributed by atoms with Gasteiger partial charge in [-0.2, -0.15) is 0 Å². The predicted molar refractivity (Wildman–Crippen MR) is 49.0 cm³/mol. The van der Waals surface area contributed by atoms with Crippen molar-refractivity contribution in [1.29, 1.82) is 0 Å². The summed E-state index contributed by atoms with van der Waals surface area (Å²) in [7, 11) is 0. The van der Waals surface area contributed by atoms with E-state index < -0.39 is 0 Å². The van der Waals surface area contributed by atoms with E-state index in [1.165, 1.54) is 9.80 Å². The van der Waals surface area contributed by atoms with E-state index in [2.05, 4.69) is 0 Å². The lowest BCUT2D eigenvalue weighted by atomic mass is 9.99. The third kappa shape index (κ3) is 1.20. The summed E-state index contributed by atoms with van der Waals surface area (Å²) in [5.74, 6) is 0. The van der Waals surface area contributed by atoms with Crippen LogP contribution in [0.3, 0.4) is 0 Å². The van der Waals surface area contributed by atoms with Gasteiger partial charge >= 0.3 is 6.03 Å². The van der Waals surface area contributed by atoms with Crippen molar-refractivity contribution in [3.05, 3.63) is 11.8 Å². The number of aliphatic hydroxyl groups excluding tert-OH is 2. The average molecular weight is 198 g/mol. The van der Waals surface area contributed by atoms with Crippen LogP contribution in [0.1, 0.15) is 19.3 Å². The number of rotatable bonds is 2. The van der Waals surface area contributed by atoms with Gasteiger partial charge in [0.15, 0.2) is 0 Å². The minimum Gasteiger partial charge on any atom is -0.376 e. The van der Waals surface area contributed by atoms with Crippen LogP contribution >= 0.6 is 0 Å². The predicted octanol–water partition coefficient (Wildman–Crippen LogP) is 0.0600. The first-order valence-electron chi connectivity index (χ1n) is 4.79. The Balaban J connectivity index is 2.30. The summed E-state index contributed by atoms with van der Waals surface area (Å²) in [5.41, 5.74) is 0.845. The Morgan fingerprint density at radius 2 is 2.21 bits per heavy atom. The highest BCUT2D eigenvalue weighted by Crippen LogP contribution is 2.32. The van der Waals surface area contributed by atoms with Gasteiger partial charge in [0.2, 0.25) is 0 Å². The van der Waals surface area contributed by atoms with E-state index in [1.807, 2.05) is 6.08 Å². The lowest BCUT2D eigenvalue weighted by molar-refractivity contribution is 0.103.